The smallest absolute Gasteiger partial charge is 0.269 e. The zero-order valence-electron chi connectivity index (χ0n) is 14.1. The third kappa shape index (κ3) is 3.05. The van der Waals surface area contributed by atoms with Crippen LogP contribution in [0.5, 0.6) is 0 Å². The van der Waals surface area contributed by atoms with Crippen LogP contribution in [0.3, 0.4) is 0 Å². The lowest BCUT2D eigenvalue weighted by Gasteiger charge is -2.33. The van der Waals surface area contributed by atoms with Crippen molar-refractivity contribution in [3.63, 3.8) is 0 Å². The van der Waals surface area contributed by atoms with Crippen LogP contribution in [-0.4, -0.2) is 44.6 Å². The van der Waals surface area contributed by atoms with Gasteiger partial charge < -0.3 is 14.8 Å². The predicted molar refractivity (Wildman–Crippen MR) is 95.4 cm³/mol. The molecular weight excluding hydrogens is 316 g/mol. The molecule has 0 spiro atoms. The number of para-hydroxylation sites is 1. The highest BCUT2D eigenvalue weighted by molar-refractivity contribution is 5.92. The van der Waals surface area contributed by atoms with Gasteiger partial charge in [0.05, 0.1) is 18.0 Å². The van der Waals surface area contributed by atoms with Gasteiger partial charge in [0.1, 0.15) is 17.8 Å². The van der Waals surface area contributed by atoms with Gasteiger partial charge in [-0.05, 0) is 25.0 Å². The molecule has 7 nitrogen and oxygen atoms in total. The fraction of sp³-hybridized carbons (Fsp3) is 0.333. The predicted octanol–water partition coefficient (Wildman–Crippen LogP) is 1.76. The van der Waals surface area contributed by atoms with Gasteiger partial charge in [-0.3, -0.25) is 4.79 Å². The van der Waals surface area contributed by atoms with Gasteiger partial charge in [-0.15, -0.1) is 0 Å². The first-order valence-corrected chi connectivity index (χ1v) is 8.44. The third-order valence-corrected chi connectivity index (χ3v) is 4.70. The van der Waals surface area contributed by atoms with E-state index < -0.39 is 0 Å². The molecule has 25 heavy (non-hydrogen) atoms. The molecule has 4 rings (SSSR count). The quantitative estimate of drug-likeness (QED) is 0.789. The Kier molecular flexibility index (Phi) is 4.05. The van der Waals surface area contributed by atoms with Crippen LogP contribution in [0.4, 0.5) is 5.82 Å². The summed E-state index contributed by atoms with van der Waals surface area (Å²) in [6.45, 7) is 1.72. The zero-order chi connectivity index (χ0) is 17.2. The number of carbonyl (C=O) groups excluding carboxylic acids is 1. The number of anilines is 1. The summed E-state index contributed by atoms with van der Waals surface area (Å²) in [6.07, 6.45) is 6.63. The van der Waals surface area contributed by atoms with Crippen LogP contribution in [0.2, 0.25) is 0 Å². The maximum atomic E-state index is 12.3. The van der Waals surface area contributed by atoms with E-state index in [1.165, 1.54) is 0 Å². The summed E-state index contributed by atoms with van der Waals surface area (Å²) in [4.78, 5) is 27.4. The van der Waals surface area contributed by atoms with Gasteiger partial charge in [0.2, 0.25) is 0 Å². The van der Waals surface area contributed by atoms with E-state index in [2.05, 4.69) is 31.2 Å². The van der Waals surface area contributed by atoms with Crippen molar-refractivity contribution in [1.29, 1.82) is 0 Å². The number of imidazole rings is 1. The number of fused-ring (bicyclic) bond motifs is 1. The fourth-order valence-electron chi connectivity index (χ4n) is 3.31. The number of carbonyl (C=O) groups is 1. The number of aromatic nitrogens is 4. The van der Waals surface area contributed by atoms with Crippen LogP contribution < -0.4 is 10.2 Å². The van der Waals surface area contributed by atoms with Crippen molar-refractivity contribution in [2.45, 2.75) is 18.9 Å². The average Bonchev–Trinajstić information content (AvgIpc) is 3.08. The van der Waals surface area contributed by atoms with E-state index in [1.54, 1.807) is 23.4 Å². The SMILES string of the molecule is Cn1cncc1C(=O)NC1CCN(c2ncnc3ccccc23)CC1. The third-order valence-electron chi connectivity index (χ3n) is 4.70. The van der Waals surface area contributed by atoms with Gasteiger partial charge in [-0.1, -0.05) is 12.1 Å². The van der Waals surface area contributed by atoms with Crippen LogP contribution >= 0.6 is 0 Å². The van der Waals surface area contributed by atoms with Gasteiger partial charge >= 0.3 is 0 Å². The monoisotopic (exact) mass is 336 g/mol. The summed E-state index contributed by atoms with van der Waals surface area (Å²) < 4.78 is 1.73. The first-order valence-electron chi connectivity index (χ1n) is 8.44. The second-order valence-electron chi connectivity index (χ2n) is 6.34. The number of rotatable bonds is 3. The Hall–Kier alpha value is -2.96. The lowest BCUT2D eigenvalue weighted by atomic mass is 10.0. The maximum absolute atomic E-state index is 12.3. The van der Waals surface area contributed by atoms with Crippen molar-refractivity contribution in [2.24, 2.45) is 7.05 Å². The summed E-state index contributed by atoms with van der Waals surface area (Å²) in [5.74, 6) is 0.910. The number of benzene rings is 1. The van der Waals surface area contributed by atoms with E-state index in [0.717, 1.165) is 42.7 Å². The minimum atomic E-state index is -0.0639. The van der Waals surface area contributed by atoms with Crippen LogP contribution in [-0.2, 0) is 7.05 Å². The molecule has 3 heterocycles. The Morgan fingerprint density at radius 2 is 2.00 bits per heavy atom. The highest BCUT2D eigenvalue weighted by atomic mass is 16.2. The minimum absolute atomic E-state index is 0.0639. The fourth-order valence-corrected chi connectivity index (χ4v) is 3.31. The lowest BCUT2D eigenvalue weighted by Crippen LogP contribution is -2.45. The van der Waals surface area contributed by atoms with Crippen molar-refractivity contribution in [2.75, 3.05) is 18.0 Å². The molecule has 0 aliphatic carbocycles. The zero-order valence-corrected chi connectivity index (χ0v) is 14.1. The van der Waals surface area contributed by atoms with Crippen LogP contribution in [0, 0.1) is 0 Å². The molecule has 0 bridgehead atoms. The molecule has 1 N–H and O–H groups in total. The Balaban J connectivity index is 1.43. The Labute approximate surface area is 145 Å². The normalized spacial score (nSPS) is 15.5. The first kappa shape index (κ1) is 15.6. The molecule has 0 saturated carbocycles. The molecule has 1 saturated heterocycles. The molecule has 1 fully saturated rings. The van der Waals surface area contributed by atoms with E-state index in [4.69, 9.17) is 0 Å². The number of hydrogen-bond acceptors (Lipinski definition) is 5. The summed E-state index contributed by atoms with van der Waals surface area (Å²) in [7, 11) is 1.82. The van der Waals surface area contributed by atoms with Crippen molar-refractivity contribution in [1.82, 2.24) is 24.8 Å². The number of amides is 1. The van der Waals surface area contributed by atoms with E-state index in [0.29, 0.717) is 5.69 Å². The molecule has 2 aromatic heterocycles. The standard InChI is InChI=1S/C18H20N6O/c1-23-12-19-10-16(23)18(25)22-13-6-8-24(9-7-13)17-14-4-2-3-5-15(14)20-11-21-17/h2-5,10-13H,6-9H2,1H3,(H,22,25). The minimum Gasteiger partial charge on any atom is -0.356 e. The molecule has 1 aliphatic rings. The van der Waals surface area contributed by atoms with Gasteiger partial charge in [0, 0.05) is 31.6 Å². The molecule has 7 heteroatoms. The summed E-state index contributed by atoms with van der Waals surface area (Å²) in [5, 5.41) is 4.18. The molecule has 1 amide bonds. The van der Waals surface area contributed by atoms with Crippen LogP contribution in [0.15, 0.2) is 43.1 Å². The largest absolute Gasteiger partial charge is 0.356 e. The van der Waals surface area contributed by atoms with Gasteiger partial charge in [0.25, 0.3) is 5.91 Å². The van der Waals surface area contributed by atoms with Crippen LogP contribution in [0.1, 0.15) is 23.3 Å². The van der Waals surface area contributed by atoms with E-state index in [9.17, 15) is 4.79 Å². The second kappa shape index (κ2) is 6.51. The van der Waals surface area contributed by atoms with Gasteiger partial charge in [-0.25, -0.2) is 15.0 Å². The molecule has 1 aromatic carbocycles. The molecule has 128 valence electrons. The summed E-state index contributed by atoms with van der Waals surface area (Å²) >= 11 is 0. The van der Waals surface area contributed by atoms with Crippen molar-refractivity contribution in [3.8, 4) is 0 Å². The topological polar surface area (TPSA) is 75.9 Å². The Morgan fingerprint density at radius 1 is 1.20 bits per heavy atom. The van der Waals surface area contributed by atoms with Crippen molar-refractivity contribution < 1.29 is 4.79 Å². The molecule has 1 aliphatic heterocycles. The van der Waals surface area contributed by atoms with Gasteiger partial charge in [0.15, 0.2) is 0 Å². The summed E-state index contributed by atoms with van der Waals surface area (Å²) in [5.41, 5.74) is 1.54. The first-order chi connectivity index (χ1) is 12.2. The molecule has 0 radical (unpaired) electrons. The average molecular weight is 336 g/mol. The Bertz CT molecular complexity index is 892. The molecule has 3 aromatic rings. The van der Waals surface area contributed by atoms with E-state index in [-0.39, 0.29) is 11.9 Å². The lowest BCUT2D eigenvalue weighted by molar-refractivity contribution is 0.0923. The van der Waals surface area contributed by atoms with Crippen molar-refractivity contribution >= 4 is 22.6 Å². The van der Waals surface area contributed by atoms with E-state index in [1.807, 2.05) is 25.2 Å². The number of nitrogens with zero attached hydrogens (tertiary/aromatic N) is 5. The number of hydrogen-bond donors (Lipinski definition) is 1. The highest BCUT2D eigenvalue weighted by Gasteiger charge is 2.23. The van der Waals surface area contributed by atoms with E-state index >= 15 is 0 Å². The maximum Gasteiger partial charge on any atom is 0.269 e. The Morgan fingerprint density at radius 3 is 2.76 bits per heavy atom. The summed E-state index contributed by atoms with van der Waals surface area (Å²) in [6, 6.07) is 8.23. The van der Waals surface area contributed by atoms with Crippen molar-refractivity contribution in [3.05, 3.63) is 48.8 Å². The number of nitrogens with one attached hydrogen (secondary N) is 1. The molecule has 0 atom stereocenters. The number of piperidine rings is 1. The molecule has 0 unspecified atom stereocenters. The van der Waals surface area contributed by atoms with Gasteiger partial charge in [-0.2, -0.15) is 0 Å². The molecular formula is C18H20N6O. The number of aryl methyl sites for hydroxylation is 1. The highest BCUT2D eigenvalue weighted by Crippen LogP contribution is 2.25. The van der Waals surface area contributed by atoms with Crippen LogP contribution in [0.25, 0.3) is 10.9 Å². The second-order valence-corrected chi connectivity index (χ2v) is 6.34.